The second kappa shape index (κ2) is 4.97. The molecule has 0 radical (unpaired) electrons. The molecule has 3 rings (SSSR count). The topological polar surface area (TPSA) is 81.4 Å². The maximum atomic E-state index is 6.24. The van der Waals surface area contributed by atoms with Gasteiger partial charge in [0, 0.05) is 0 Å². The Balaban J connectivity index is 2.30. The molecular formula is C9H7Cl2N7S. The maximum absolute atomic E-state index is 6.24. The first kappa shape index (κ1) is 12.7. The average molecular weight is 316 g/mol. The van der Waals surface area contributed by atoms with E-state index >= 15 is 0 Å². The Morgan fingerprint density at radius 1 is 1.26 bits per heavy atom. The fraction of sp³-hybridized carbons (Fsp3) is 0.222. The highest BCUT2D eigenvalue weighted by molar-refractivity contribution is 7.00. The quantitative estimate of drug-likeness (QED) is 0.792. The van der Waals surface area contributed by atoms with Crippen molar-refractivity contribution in [1.29, 1.82) is 0 Å². The first-order valence-corrected chi connectivity index (χ1v) is 6.73. The van der Waals surface area contributed by atoms with Gasteiger partial charge >= 0.3 is 0 Å². The Bertz CT molecular complexity index is 737. The van der Waals surface area contributed by atoms with E-state index in [4.69, 9.17) is 23.2 Å². The van der Waals surface area contributed by atoms with Crippen LogP contribution in [0.15, 0.2) is 6.07 Å². The number of hydrogen-bond donors (Lipinski definition) is 1. The summed E-state index contributed by atoms with van der Waals surface area (Å²) in [7, 11) is 1.81. The van der Waals surface area contributed by atoms with Crippen LogP contribution in [0.25, 0.3) is 16.7 Å². The van der Waals surface area contributed by atoms with Crippen LogP contribution >= 0.6 is 34.9 Å². The Hall–Kier alpha value is -1.35. The van der Waals surface area contributed by atoms with E-state index < -0.39 is 0 Å². The van der Waals surface area contributed by atoms with Crippen LogP contribution in [0.5, 0.6) is 0 Å². The van der Waals surface area contributed by atoms with Crippen LogP contribution in [0.4, 0.5) is 0 Å². The number of halogens is 2. The molecule has 0 bridgehead atoms. The van der Waals surface area contributed by atoms with E-state index in [0.29, 0.717) is 39.1 Å². The molecular weight excluding hydrogens is 309 g/mol. The minimum atomic E-state index is 0.426. The molecule has 1 N–H and O–H groups in total. The molecule has 2 aromatic heterocycles. The minimum absolute atomic E-state index is 0.426. The second-order valence-corrected chi connectivity index (χ2v) is 5.03. The fourth-order valence-electron chi connectivity index (χ4n) is 1.71. The molecule has 0 saturated heterocycles. The molecule has 0 aliphatic carbocycles. The van der Waals surface area contributed by atoms with Gasteiger partial charge in [0.2, 0.25) is 0 Å². The van der Waals surface area contributed by atoms with Gasteiger partial charge in [-0.25, -0.2) is 0 Å². The molecule has 0 atom stereocenters. The number of nitrogens with zero attached hydrogens (tertiary/aromatic N) is 6. The third-order valence-corrected chi connectivity index (χ3v) is 3.60. The lowest BCUT2D eigenvalue weighted by Crippen LogP contribution is -2.12. The van der Waals surface area contributed by atoms with Gasteiger partial charge in [-0.3, -0.25) is 0 Å². The van der Waals surface area contributed by atoms with Crippen molar-refractivity contribution in [2.75, 3.05) is 7.05 Å². The van der Waals surface area contributed by atoms with Gasteiger partial charge in [-0.1, -0.05) is 23.2 Å². The van der Waals surface area contributed by atoms with Gasteiger partial charge < -0.3 is 5.32 Å². The second-order valence-electron chi connectivity index (χ2n) is 3.69. The number of hydrogen-bond acceptors (Lipinski definition) is 7. The fourth-order valence-corrected chi connectivity index (χ4v) is 2.90. The Morgan fingerprint density at radius 2 is 2.05 bits per heavy atom. The minimum Gasteiger partial charge on any atom is -0.313 e. The number of tetrazole rings is 1. The Labute approximate surface area is 121 Å². The van der Waals surface area contributed by atoms with Crippen LogP contribution in [0.3, 0.4) is 0 Å². The van der Waals surface area contributed by atoms with Crippen molar-refractivity contribution in [3.05, 3.63) is 21.9 Å². The number of nitrogens with one attached hydrogen (secondary N) is 1. The third kappa shape index (κ3) is 2.06. The number of benzene rings is 1. The van der Waals surface area contributed by atoms with Crippen LogP contribution in [0.2, 0.25) is 10.0 Å². The number of fused-ring (bicyclic) bond motifs is 1. The average Bonchev–Trinajstić information content (AvgIpc) is 3.00. The molecule has 0 aliphatic heterocycles. The Morgan fingerprint density at radius 3 is 2.84 bits per heavy atom. The highest BCUT2D eigenvalue weighted by Gasteiger charge is 2.19. The van der Waals surface area contributed by atoms with Gasteiger partial charge in [0.15, 0.2) is 5.82 Å². The van der Waals surface area contributed by atoms with Crippen molar-refractivity contribution in [2.45, 2.75) is 6.54 Å². The molecule has 0 spiro atoms. The van der Waals surface area contributed by atoms with Crippen LogP contribution in [-0.2, 0) is 6.54 Å². The molecule has 1 aromatic carbocycles. The molecule has 0 amide bonds. The monoisotopic (exact) mass is 315 g/mol. The van der Waals surface area contributed by atoms with Crippen molar-refractivity contribution >= 4 is 46.0 Å². The summed E-state index contributed by atoms with van der Waals surface area (Å²) in [5.74, 6) is 0.626. The van der Waals surface area contributed by atoms with Gasteiger partial charge in [-0.05, 0) is 23.5 Å². The molecule has 0 saturated carbocycles. The zero-order valence-electron chi connectivity index (χ0n) is 9.63. The summed E-state index contributed by atoms with van der Waals surface area (Å²) >= 11 is 13.4. The molecule has 0 fully saturated rings. The summed E-state index contributed by atoms with van der Waals surface area (Å²) in [6, 6.07) is 1.62. The standard InChI is InChI=1S/C9H7Cl2N7S/c1-12-3-6-13-16-17-18(6)9-5(11)2-4(10)7-8(9)15-19-14-7/h2,12H,3H2,1H3. The molecule has 98 valence electrons. The molecule has 19 heavy (non-hydrogen) atoms. The highest BCUT2D eigenvalue weighted by Crippen LogP contribution is 2.33. The Kier molecular flexibility index (Phi) is 3.31. The number of rotatable bonds is 3. The normalized spacial score (nSPS) is 11.3. The molecule has 10 heteroatoms. The predicted molar refractivity (Wildman–Crippen MR) is 72.9 cm³/mol. The van der Waals surface area contributed by atoms with E-state index in [1.165, 1.54) is 0 Å². The van der Waals surface area contributed by atoms with Crippen LogP contribution in [-0.4, -0.2) is 36.0 Å². The lowest BCUT2D eigenvalue weighted by atomic mass is 10.2. The summed E-state index contributed by atoms with van der Waals surface area (Å²) in [5.41, 5.74) is 1.77. The summed E-state index contributed by atoms with van der Waals surface area (Å²) in [6.07, 6.45) is 0. The van der Waals surface area contributed by atoms with Gasteiger partial charge in [-0.2, -0.15) is 13.4 Å². The lowest BCUT2D eigenvalue weighted by molar-refractivity contribution is 0.711. The van der Waals surface area contributed by atoms with Crippen molar-refractivity contribution in [1.82, 2.24) is 34.3 Å². The summed E-state index contributed by atoms with van der Waals surface area (Å²) in [4.78, 5) is 0. The van der Waals surface area contributed by atoms with Gasteiger partial charge in [0.25, 0.3) is 0 Å². The molecule has 3 aromatic rings. The largest absolute Gasteiger partial charge is 0.313 e. The summed E-state index contributed by atoms with van der Waals surface area (Å²) in [6.45, 7) is 0.505. The van der Waals surface area contributed by atoms with Crippen molar-refractivity contribution < 1.29 is 0 Å². The lowest BCUT2D eigenvalue weighted by Gasteiger charge is -2.07. The van der Waals surface area contributed by atoms with Crippen LogP contribution in [0.1, 0.15) is 5.82 Å². The van der Waals surface area contributed by atoms with E-state index in [9.17, 15) is 0 Å². The summed E-state index contributed by atoms with van der Waals surface area (Å²) in [5, 5.41) is 15.4. The van der Waals surface area contributed by atoms with Crippen molar-refractivity contribution in [2.24, 2.45) is 0 Å². The van der Waals surface area contributed by atoms with E-state index in [1.54, 1.807) is 10.7 Å². The van der Waals surface area contributed by atoms with Gasteiger partial charge in [-0.15, -0.1) is 5.10 Å². The molecule has 0 aliphatic rings. The van der Waals surface area contributed by atoms with E-state index in [2.05, 4.69) is 29.6 Å². The van der Waals surface area contributed by atoms with Gasteiger partial charge in [0.05, 0.1) is 28.3 Å². The van der Waals surface area contributed by atoms with E-state index in [1.807, 2.05) is 7.05 Å². The molecule has 7 nitrogen and oxygen atoms in total. The van der Waals surface area contributed by atoms with Crippen molar-refractivity contribution in [3.63, 3.8) is 0 Å². The van der Waals surface area contributed by atoms with Gasteiger partial charge in [0.1, 0.15) is 16.7 Å². The maximum Gasteiger partial charge on any atom is 0.170 e. The van der Waals surface area contributed by atoms with E-state index in [-0.39, 0.29) is 0 Å². The first-order chi connectivity index (χ1) is 9.22. The summed E-state index contributed by atoms with van der Waals surface area (Å²) < 4.78 is 9.91. The molecule has 2 heterocycles. The van der Waals surface area contributed by atoms with Crippen LogP contribution < -0.4 is 5.32 Å². The van der Waals surface area contributed by atoms with Crippen molar-refractivity contribution in [3.8, 4) is 5.69 Å². The molecule has 0 unspecified atom stereocenters. The number of aromatic nitrogens is 6. The zero-order chi connectivity index (χ0) is 13.4. The SMILES string of the molecule is CNCc1nnnn1-c1c(Cl)cc(Cl)c2nsnc12. The zero-order valence-corrected chi connectivity index (χ0v) is 12.0. The third-order valence-electron chi connectivity index (χ3n) is 2.50. The highest BCUT2D eigenvalue weighted by atomic mass is 35.5. The van der Waals surface area contributed by atoms with E-state index in [0.717, 1.165) is 11.7 Å². The smallest absolute Gasteiger partial charge is 0.170 e. The first-order valence-electron chi connectivity index (χ1n) is 5.25. The van der Waals surface area contributed by atoms with Crippen LogP contribution in [0, 0.1) is 0 Å². The predicted octanol–water partition coefficient (Wildman–Crippen LogP) is 1.69.